The van der Waals surface area contributed by atoms with Gasteiger partial charge in [0.25, 0.3) is 0 Å². The molecule has 30 heavy (non-hydrogen) atoms. The number of nitrogens with zero attached hydrogens (tertiary/aromatic N) is 1. The number of carbonyl (C=O) groups excluding carboxylic acids is 2. The summed E-state index contributed by atoms with van der Waals surface area (Å²) in [5, 5.41) is 7.10. The first-order valence-electron chi connectivity index (χ1n) is 9.42. The molecular formula is C21H22Cl3N3O3. The molecule has 6 nitrogen and oxygen atoms in total. The minimum absolute atomic E-state index is 0.0756. The van der Waals surface area contributed by atoms with E-state index in [1.165, 1.54) is 7.11 Å². The van der Waals surface area contributed by atoms with Gasteiger partial charge in [0.1, 0.15) is 5.75 Å². The average molecular weight is 471 g/mol. The van der Waals surface area contributed by atoms with Crippen LogP contribution >= 0.6 is 34.8 Å². The van der Waals surface area contributed by atoms with Crippen LogP contribution in [0.5, 0.6) is 5.75 Å². The Morgan fingerprint density at radius 3 is 2.60 bits per heavy atom. The molecule has 1 unspecified atom stereocenters. The predicted molar refractivity (Wildman–Crippen MR) is 121 cm³/mol. The maximum atomic E-state index is 12.8. The Labute approximate surface area is 190 Å². The molecule has 2 N–H and O–H groups in total. The fraction of sp³-hybridized carbons (Fsp3) is 0.333. The van der Waals surface area contributed by atoms with Gasteiger partial charge >= 0.3 is 0 Å². The number of amides is 2. The number of rotatable bonds is 6. The summed E-state index contributed by atoms with van der Waals surface area (Å²) < 4.78 is 5.30. The first-order chi connectivity index (χ1) is 14.3. The number of carbonyl (C=O) groups is 2. The molecule has 1 atom stereocenters. The number of likely N-dealkylation sites (tertiary alicyclic amines) is 1. The van der Waals surface area contributed by atoms with Crippen molar-refractivity contribution in [2.24, 2.45) is 0 Å². The van der Waals surface area contributed by atoms with Gasteiger partial charge in [-0.15, -0.1) is 0 Å². The first-order valence-corrected chi connectivity index (χ1v) is 10.6. The minimum atomic E-state index is -0.431. The van der Waals surface area contributed by atoms with Crippen LogP contribution in [0.15, 0.2) is 30.3 Å². The lowest BCUT2D eigenvalue weighted by atomic mass is 10.2. The number of aryl methyl sites for hydroxylation is 1. The molecule has 1 fully saturated rings. The summed E-state index contributed by atoms with van der Waals surface area (Å²) in [7, 11) is 1.51. The summed E-state index contributed by atoms with van der Waals surface area (Å²) in [6.45, 7) is 2.57. The van der Waals surface area contributed by atoms with Gasteiger partial charge in [-0.2, -0.15) is 0 Å². The van der Waals surface area contributed by atoms with Gasteiger partial charge in [0.05, 0.1) is 36.1 Å². The third-order valence-corrected chi connectivity index (χ3v) is 5.93. The molecule has 0 spiro atoms. The van der Waals surface area contributed by atoms with Gasteiger partial charge < -0.3 is 15.4 Å². The molecule has 0 saturated carbocycles. The van der Waals surface area contributed by atoms with Gasteiger partial charge in [-0.05, 0) is 56.1 Å². The van der Waals surface area contributed by atoms with Gasteiger partial charge in [-0.1, -0.05) is 34.8 Å². The van der Waals surface area contributed by atoms with E-state index in [9.17, 15) is 9.59 Å². The topological polar surface area (TPSA) is 70.7 Å². The Morgan fingerprint density at radius 2 is 1.87 bits per heavy atom. The van der Waals surface area contributed by atoms with E-state index in [0.717, 1.165) is 12.0 Å². The number of methoxy groups -OCH3 is 1. The quantitative estimate of drug-likeness (QED) is 0.623. The highest BCUT2D eigenvalue weighted by atomic mass is 35.5. The Hall–Kier alpha value is -1.99. The smallest absolute Gasteiger partial charge is 0.241 e. The summed E-state index contributed by atoms with van der Waals surface area (Å²) in [5.41, 5.74) is 1.81. The molecule has 9 heteroatoms. The normalized spacial score (nSPS) is 16.4. The highest BCUT2D eigenvalue weighted by molar-refractivity contribution is 6.35. The monoisotopic (exact) mass is 469 g/mol. The maximum absolute atomic E-state index is 12.8. The molecular weight excluding hydrogens is 449 g/mol. The Kier molecular flexibility index (Phi) is 7.47. The van der Waals surface area contributed by atoms with Crippen molar-refractivity contribution in [3.05, 3.63) is 51.0 Å². The number of nitrogens with one attached hydrogen (secondary N) is 2. The number of hydrogen-bond donors (Lipinski definition) is 2. The molecule has 1 aliphatic heterocycles. The molecule has 2 amide bonds. The molecule has 1 heterocycles. The van der Waals surface area contributed by atoms with E-state index < -0.39 is 6.04 Å². The fourth-order valence-electron chi connectivity index (χ4n) is 3.43. The van der Waals surface area contributed by atoms with Crippen LogP contribution in [0.2, 0.25) is 15.1 Å². The highest BCUT2D eigenvalue weighted by Crippen LogP contribution is 2.31. The van der Waals surface area contributed by atoms with Gasteiger partial charge in [0.15, 0.2) is 0 Å². The van der Waals surface area contributed by atoms with Gasteiger partial charge in [0.2, 0.25) is 11.8 Å². The van der Waals surface area contributed by atoms with Crippen LogP contribution in [0.4, 0.5) is 11.4 Å². The van der Waals surface area contributed by atoms with Crippen molar-refractivity contribution in [3.8, 4) is 5.75 Å². The second kappa shape index (κ2) is 9.88. The van der Waals surface area contributed by atoms with Crippen LogP contribution in [0.25, 0.3) is 0 Å². The van der Waals surface area contributed by atoms with Crippen LogP contribution in [-0.2, 0) is 9.59 Å². The largest absolute Gasteiger partial charge is 0.495 e. The summed E-state index contributed by atoms with van der Waals surface area (Å²) in [4.78, 5) is 27.3. The van der Waals surface area contributed by atoms with E-state index in [0.29, 0.717) is 45.2 Å². The van der Waals surface area contributed by atoms with Crippen LogP contribution in [0, 0.1) is 6.92 Å². The molecule has 0 radical (unpaired) electrons. The van der Waals surface area contributed by atoms with Crippen LogP contribution in [0.1, 0.15) is 18.4 Å². The van der Waals surface area contributed by atoms with E-state index in [4.69, 9.17) is 39.5 Å². The fourth-order valence-corrected chi connectivity index (χ4v) is 3.92. The maximum Gasteiger partial charge on any atom is 0.241 e. The lowest BCUT2D eigenvalue weighted by Gasteiger charge is -2.23. The molecule has 2 aromatic rings. The summed E-state index contributed by atoms with van der Waals surface area (Å²) in [5.74, 6) is 0.0187. The van der Waals surface area contributed by atoms with Crippen molar-refractivity contribution in [3.63, 3.8) is 0 Å². The number of anilines is 2. The molecule has 0 aromatic heterocycles. The van der Waals surface area contributed by atoms with Crippen molar-refractivity contribution in [1.82, 2.24) is 4.90 Å². The van der Waals surface area contributed by atoms with Crippen molar-refractivity contribution < 1.29 is 14.3 Å². The highest BCUT2D eigenvalue weighted by Gasteiger charge is 2.32. The van der Waals surface area contributed by atoms with E-state index in [-0.39, 0.29) is 18.4 Å². The van der Waals surface area contributed by atoms with Crippen LogP contribution in [-0.4, -0.2) is 43.0 Å². The zero-order valence-corrected chi connectivity index (χ0v) is 18.9. The third kappa shape index (κ3) is 5.38. The van der Waals surface area contributed by atoms with Gasteiger partial charge in [-0.3, -0.25) is 14.5 Å². The third-order valence-electron chi connectivity index (χ3n) is 4.95. The van der Waals surface area contributed by atoms with Crippen molar-refractivity contribution >= 4 is 58.0 Å². The van der Waals surface area contributed by atoms with Crippen molar-refractivity contribution in [2.75, 3.05) is 30.8 Å². The first kappa shape index (κ1) is 22.7. The number of benzene rings is 2. The molecule has 1 saturated heterocycles. The Balaban J connectivity index is 1.66. The molecule has 1 aliphatic rings. The summed E-state index contributed by atoms with van der Waals surface area (Å²) in [6, 6.07) is 7.86. The average Bonchev–Trinajstić information content (AvgIpc) is 3.15. The van der Waals surface area contributed by atoms with E-state index >= 15 is 0 Å². The van der Waals surface area contributed by atoms with E-state index in [2.05, 4.69) is 10.6 Å². The minimum Gasteiger partial charge on any atom is -0.495 e. The Morgan fingerprint density at radius 1 is 1.10 bits per heavy atom. The number of halogens is 3. The van der Waals surface area contributed by atoms with Crippen molar-refractivity contribution in [1.29, 1.82) is 0 Å². The van der Waals surface area contributed by atoms with Crippen molar-refractivity contribution in [2.45, 2.75) is 25.8 Å². The second-order valence-electron chi connectivity index (χ2n) is 7.09. The molecule has 0 aliphatic carbocycles. The lowest BCUT2D eigenvalue weighted by Crippen LogP contribution is -2.43. The molecule has 0 bridgehead atoms. The molecule has 160 valence electrons. The van der Waals surface area contributed by atoms with Crippen LogP contribution < -0.4 is 15.4 Å². The lowest BCUT2D eigenvalue weighted by molar-refractivity contribution is -0.122. The predicted octanol–water partition coefficient (Wildman–Crippen LogP) is 5.01. The number of ether oxygens (including phenoxy) is 1. The zero-order chi connectivity index (χ0) is 21.8. The van der Waals surface area contributed by atoms with E-state index in [1.54, 1.807) is 30.3 Å². The summed E-state index contributed by atoms with van der Waals surface area (Å²) >= 11 is 18.2. The Bertz CT molecular complexity index is 968. The summed E-state index contributed by atoms with van der Waals surface area (Å²) in [6.07, 6.45) is 1.47. The molecule has 2 aromatic carbocycles. The second-order valence-corrected chi connectivity index (χ2v) is 8.34. The zero-order valence-electron chi connectivity index (χ0n) is 16.6. The SMILES string of the molecule is COc1cc(Cl)c(C)cc1NC(=O)CN1CCCC1C(=O)Nc1cc(Cl)ccc1Cl. The molecule has 3 rings (SSSR count). The number of hydrogen-bond acceptors (Lipinski definition) is 4. The standard InChI is InChI=1S/C21H22Cl3N3O3/c1-12-8-17(19(30-2)10-15(12)24)25-20(28)11-27-7-3-4-18(27)21(29)26-16-9-13(22)5-6-14(16)23/h5-6,8-10,18H,3-4,7,11H2,1-2H3,(H,25,28)(H,26,29). The van der Waals surface area contributed by atoms with E-state index in [1.807, 2.05) is 11.8 Å². The van der Waals surface area contributed by atoms with Gasteiger partial charge in [0, 0.05) is 16.1 Å². The van der Waals surface area contributed by atoms with Gasteiger partial charge in [-0.25, -0.2) is 0 Å². The van der Waals surface area contributed by atoms with Crippen LogP contribution in [0.3, 0.4) is 0 Å².